The van der Waals surface area contributed by atoms with E-state index in [1.807, 2.05) is 42.8 Å². The molecule has 0 aliphatic carbocycles. The van der Waals surface area contributed by atoms with Gasteiger partial charge in [0.1, 0.15) is 22.7 Å². The van der Waals surface area contributed by atoms with E-state index in [1.54, 1.807) is 36.1 Å². The van der Waals surface area contributed by atoms with Crippen LogP contribution in [0.15, 0.2) is 49.1 Å². The van der Waals surface area contributed by atoms with Gasteiger partial charge in [-0.05, 0) is 42.7 Å². The van der Waals surface area contributed by atoms with Gasteiger partial charge in [0.25, 0.3) is 0 Å². The first-order valence-corrected chi connectivity index (χ1v) is 13.5. The SMILES string of the molecule is CCOC(=O)C(Cn1cc(-c2ccn3c(-c4cc(OC)c(C(=O)CCC(F)(F)F)c(OC)c4)cnc3c2)cn1)C(C)C. The van der Waals surface area contributed by atoms with Crippen LogP contribution in [-0.2, 0) is 16.1 Å². The molecule has 1 aromatic carbocycles. The van der Waals surface area contributed by atoms with Crippen molar-refractivity contribution in [2.45, 2.75) is 46.3 Å². The number of carbonyl (C=O) groups is 2. The molecule has 0 amide bonds. The van der Waals surface area contributed by atoms with Gasteiger partial charge in [0, 0.05) is 29.9 Å². The van der Waals surface area contributed by atoms with Gasteiger partial charge in [-0.25, -0.2) is 4.98 Å². The first kappa shape index (κ1) is 30.6. The van der Waals surface area contributed by atoms with Crippen LogP contribution in [-0.4, -0.2) is 57.9 Å². The van der Waals surface area contributed by atoms with Gasteiger partial charge in [-0.3, -0.25) is 18.7 Å². The number of benzene rings is 1. The number of alkyl halides is 3. The van der Waals surface area contributed by atoms with Gasteiger partial charge in [0.05, 0.1) is 57.8 Å². The first-order chi connectivity index (χ1) is 19.9. The van der Waals surface area contributed by atoms with E-state index in [0.29, 0.717) is 30.1 Å². The van der Waals surface area contributed by atoms with Crippen LogP contribution in [0, 0.1) is 11.8 Å². The minimum absolute atomic E-state index is 0.0382. The fourth-order valence-electron chi connectivity index (χ4n) is 4.71. The number of imidazole rings is 1. The number of hydrogen-bond donors (Lipinski definition) is 0. The number of methoxy groups -OCH3 is 2. The molecule has 0 aliphatic heterocycles. The molecular weight excluding hydrogens is 553 g/mol. The zero-order valence-electron chi connectivity index (χ0n) is 24.1. The van der Waals surface area contributed by atoms with Gasteiger partial charge in [-0.15, -0.1) is 0 Å². The summed E-state index contributed by atoms with van der Waals surface area (Å²) in [5, 5.41) is 4.44. The smallest absolute Gasteiger partial charge is 0.389 e. The minimum Gasteiger partial charge on any atom is -0.496 e. The number of halogens is 3. The summed E-state index contributed by atoms with van der Waals surface area (Å²) in [6, 6.07) is 6.95. The zero-order valence-corrected chi connectivity index (χ0v) is 24.1. The van der Waals surface area contributed by atoms with E-state index in [4.69, 9.17) is 14.2 Å². The van der Waals surface area contributed by atoms with Crippen LogP contribution in [0.5, 0.6) is 11.5 Å². The third-order valence-electron chi connectivity index (χ3n) is 6.97. The fourth-order valence-corrected chi connectivity index (χ4v) is 4.71. The van der Waals surface area contributed by atoms with Crippen molar-refractivity contribution in [1.82, 2.24) is 19.2 Å². The second kappa shape index (κ2) is 12.7. The number of carbonyl (C=O) groups excluding carboxylic acids is 2. The van der Waals surface area contributed by atoms with Crippen molar-refractivity contribution in [3.63, 3.8) is 0 Å². The first-order valence-electron chi connectivity index (χ1n) is 13.5. The molecule has 4 rings (SSSR count). The van der Waals surface area contributed by atoms with E-state index in [9.17, 15) is 22.8 Å². The second-order valence-electron chi connectivity index (χ2n) is 10.1. The van der Waals surface area contributed by atoms with Gasteiger partial charge in [-0.2, -0.15) is 18.3 Å². The molecule has 1 unspecified atom stereocenters. The predicted molar refractivity (Wildman–Crippen MR) is 150 cm³/mol. The van der Waals surface area contributed by atoms with E-state index in [-0.39, 0.29) is 34.9 Å². The summed E-state index contributed by atoms with van der Waals surface area (Å²) in [5.41, 5.74) is 3.56. The number of aromatic nitrogens is 4. The molecule has 1 atom stereocenters. The lowest BCUT2D eigenvalue weighted by atomic mass is 9.96. The number of rotatable bonds is 12. The van der Waals surface area contributed by atoms with Crippen molar-refractivity contribution >= 4 is 17.4 Å². The highest BCUT2D eigenvalue weighted by atomic mass is 19.4. The molecule has 0 N–H and O–H groups in total. The van der Waals surface area contributed by atoms with Gasteiger partial charge in [-0.1, -0.05) is 13.8 Å². The summed E-state index contributed by atoms with van der Waals surface area (Å²) in [6.45, 7) is 6.44. The summed E-state index contributed by atoms with van der Waals surface area (Å²) in [5.74, 6) is -0.993. The largest absolute Gasteiger partial charge is 0.496 e. The van der Waals surface area contributed by atoms with Crippen molar-refractivity contribution in [1.29, 1.82) is 0 Å². The normalized spacial score (nSPS) is 12.5. The highest BCUT2D eigenvalue weighted by Gasteiger charge is 2.30. The summed E-state index contributed by atoms with van der Waals surface area (Å²) < 4.78 is 57.7. The summed E-state index contributed by atoms with van der Waals surface area (Å²) >= 11 is 0. The van der Waals surface area contributed by atoms with Gasteiger partial charge >= 0.3 is 12.1 Å². The Bertz CT molecular complexity index is 1550. The molecule has 0 aliphatic rings. The van der Waals surface area contributed by atoms with Gasteiger partial charge in [0.2, 0.25) is 0 Å². The number of esters is 1. The van der Waals surface area contributed by atoms with E-state index in [1.165, 1.54) is 14.2 Å². The molecule has 12 heteroatoms. The molecule has 4 aromatic rings. The Labute approximate surface area is 241 Å². The lowest BCUT2D eigenvalue weighted by Gasteiger charge is -2.18. The lowest BCUT2D eigenvalue weighted by Crippen LogP contribution is -2.27. The van der Waals surface area contributed by atoms with Crippen molar-refractivity contribution in [3.05, 3.63) is 54.6 Å². The Morgan fingerprint density at radius 3 is 2.29 bits per heavy atom. The molecular formula is C30H33F3N4O5. The molecule has 9 nitrogen and oxygen atoms in total. The van der Waals surface area contributed by atoms with Gasteiger partial charge < -0.3 is 14.2 Å². The Morgan fingerprint density at radius 1 is 1.00 bits per heavy atom. The Balaban J connectivity index is 1.62. The van der Waals surface area contributed by atoms with E-state index >= 15 is 0 Å². The zero-order chi connectivity index (χ0) is 30.6. The van der Waals surface area contributed by atoms with Crippen LogP contribution >= 0.6 is 0 Å². The number of fused-ring (bicyclic) bond motifs is 1. The van der Waals surface area contributed by atoms with E-state index < -0.39 is 24.8 Å². The molecule has 224 valence electrons. The van der Waals surface area contributed by atoms with Crippen LogP contribution in [0.3, 0.4) is 0 Å². The summed E-state index contributed by atoms with van der Waals surface area (Å²) in [4.78, 5) is 29.6. The minimum atomic E-state index is -4.46. The second-order valence-corrected chi connectivity index (χ2v) is 10.1. The number of Topliss-reactive ketones (excluding diaryl/α,β-unsaturated/α-hetero) is 1. The Morgan fingerprint density at radius 2 is 1.69 bits per heavy atom. The maximum Gasteiger partial charge on any atom is 0.389 e. The quantitative estimate of drug-likeness (QED) is 0.143. The standard InChI is InChI=1S/C30H33F3N4O5/c1-6-42-29(39)22(18(2)3)17-36-16-21(14-35-36)19-8-10-37-23(15-34-27(37)13-19)20-11-25(40-4)28(26(12-20)41-5)24(38)7-9-30(31,32)33/h8,10-16,18,22H,6-7,9,17H2,1-5H3. The molecule has 0 radical (unpaired) electrons. The number of hydrogen-bond acceptors (Lipinski definition) is 7. The molecule has 3 heterocycles. The van der Waals surface area contributed by atoms with Crippen LogP contribution in [0.2, 0.25) is 0 Å². The number of nitrogens with zero attached hydrogens (tertiary/aromatic N) is 4. The molecule has 0 saturated carbocycles. The predicted octanol–water partition coefficient (Wildman–Crippen LogP) is 6.24. The van der Waals surface area contributed by atoms with Crippen LogP contribution in [0.4, 0.5) is 13.2 Å². The van der Waals surface area contributed by atoms with Crippen LogP contribution in [0.1, 0.15) is 44.0 Å². The molecule has 42 heavy (non-hydrogen) atoms. The maximum absolute atomic E-state index is 12.7. The van der Waals surface area contributed by atoms with Crippen molar-refractivity contribution in [3.8, 4) is 33.9 Å². The monoisotopic (exact) mass is 586 g/mol. The number of pyridine rings is 1. The molecule has 0 bridgehead atoms. The highest BCUT2D eigenvalue weighted by Crippen LogP contribution is 2.37. The van der Waals surface area contributed by atoms with Crippen LogP contribution in [0.25, 0.3) is 28.0 Å². The molecule has 3 aromatic heterocycles. The molecule has 0 fully saturated rings. The topological polar surface area (TPSA) is 97.0 Å². The molecule has 0 spiro atoms. The maximum atomic E-state index is 12.7. The van der Waals surface area contributed by atoms with Crippen molar-refractivity contribution in [2.75, 3.05) is 20.8 Å². The van der Waals surface area contributed by atoms with E-state index in [2.05, 4.69) is 10.1 Å². The van der Waals surface area contributed by atoms with Gasteiger partial charge in [0.15, 0.2) is 5.78 Å². The third-order valence-corrected chi connectivity index (χ3v) is 6.97. The Hall–Kier alpha value is -4.35. The average molecular weight is 587 g/mol. The van der Waals surface area contributed by atoms with Crippen LogP contribution < -0.4 is 9.47 Å². The fraction of sp³-hybridized carbons (Fsp3) is 0.400. The summed E-state index contributed by atoms with van der Waals surface area (Å²) in [6.07, 6.45) is 0.666. The summed E-state index contributed by atoms with van der Waals surface area (Å²) in [7, 11) is 2.69. The molecule has 0 saturated heterocycles. The number of ether oxygens (including phenoxy) is 3. The Kier molecular flexibility index (Phi) is 9.23. The van der Waals surface area contributed by atoms with E-state index in [0.717, 1.165) is 11.1 Å². The third kappa shape index (κ3) is 6.75. The average Bonchev–Trinajstić information content (AvgIpc) is 3.60. The number of ketones is 1. The van der Waals surface area contributed by atoms with Crippen molar-refractivity contribution in [2.24, 2.45) is 11.8 Å². The highest BCUT2D eigenvalue weighted by molar-refractivity contribution is 6.02. The lowest BCUT2D eigenvalue weighted by molar-refractivity contribution is -0.150. The van der Waals surface area contributed by atoms with Crippen molar-refractivity contribution < 1.29 is 37.0 Å².